The smallest absolute Gasteiger partial charge is 0.173 e. The fourth-order valence-corrected chi connectivity index (χ4v) is 1.94. The number of aryl methyl sites for hydroxylation is 1. The van der Waals surface area contributed by atoms with Gasteiger partial charge in [-0.2, -0.15) is 5.10 Å². The van der Waals surface area contributed by atoms with Crippen molar-refractivity contribution in [2.45, 2.75) is 6.92 Å². The number of phenolic OH excluding ortho intramolecular Hbond substituents is 1. The Bertz CT molecular complexity index is 751. The first kappa shape index (κ1) is 9.95. The lowest BCUT2D eigenvalue weighted by Gasteiger charge is -2.04. The van der Waals surface area contributed by atoms with E-state index in [1.54, 1.807) is 6.92 Å². The van der Waals surface area contributed by atoms with Crippen molar-refractivity contribution in [1.82, 2.24) is 15.2 Å². The minimum Gasteiger partial charge on any atom is -0.505 e. The van der Waals surface area contributed by atoms with Crippen LogP contribution in [0.2, 0.25) is 0 Å². The zero-order valence-electron chi connectivity index (χ0n) is 8.75. The van der Waals surface area contributed by atoms with Gasteiger partial charge in [0.25, 0.3) is 0 Å². The SMILES string of the molecule is Cc1n[nH]c2ncc3c(F)cc(O)c(F)c3c12. The van der Waals surface area contributed by atoms with Crippen molar-refractivity contribution >= 4 is 21.8 Å². The molecule has 1 aromatic carbocycles. The number of rotatable bonds is 0. The van der Waals surface area contributed by atoms with E-state index in [2.05, 4.69) is 15.2 Å². The average molecular weight is 235 g/mol. The number of pyridine rings is 1. The van der Waals surface area contributed by atoms with Gasteiger partial charge in [0, 0.05) is 23.0 Å². The van der Waals surface area contributed by atoms with Crippen LogP contribution in [0.15, 0.2) is 12.3 Å². The van der Waals surface area contributed by atoms with Crippen molar-refractivity contribution in [2.75, 3.05) is 0 Å². The van der Waals surface area contributed by atoms with E-state index in [1.807, 2.05) is 0 Å². The molecule has 3 rings (SSSR count). The summed E-state index contributed by atoms with van der Waals surface area (Å²) in [5.41, 5.74) is 0.862. The third-order valence-electron chi connectivity index (χ3n) is 2.74. The number of aromatic hydroxyl groups is 1. The molecule has 0 amide bonds. The van der Waals surface area contributed by atoms with E-state index in [0.29, 0.717) is 16.7 Å². The van der Waals surface area contributed by atoms with Gasteiger partial charge in [0.05, 0.1) is 11.1 Å². The highest BCUT2D eigenvalue weighted by Gasteiger charge is 2.17. The lowest BCUT2D eigenvalue weighted by atomic mass is 10.1. The van der Waals surface area contributed by atoms with Gasteiger partial charge in [-0.15, -0.1) is 0 Å². The molecular formula is C11H7F2N3O. The van der Waals surface area contributed by atoms with Crippen LogP contribution in [-0.2, 0) is 0 Å². The fourth-order valence-electron chi connectivity index (χ4n) is 1.94. The molecule has 2 aromatic heterocycles. The first-order chi connectivity index (χ1) is 8.09. The van der Waals surface area contributed by atoms with Crippen LogP contribution in [0, 0.1) is 18.6 Å². The first-order valence-corrected chi connectivity index (χ1v) is 4.90. The second kappa shape index (κ2) is 3.13. The topological polar surface area (TPSA) is 61.8 Å². The summed E-state index contributed by atoms with van der Waals surface area (Å²) in [6, 6.07) is 0.737. The van der Waals surface area contributed by atoms with Gasteiger partial charge in [-0.3, -0.25) is 5.10 Å². The molecule has 0 unspecified atom stereocenters. The van der Waals surface area contributed by atoms with Gasteiger partial charge in [0.15, 0.2) is 17.2 Å². The monoisotopic (exact) mass is 235 g/mol. The molecule has 0 aliphatic heterocycles. The Morgan fingerprint density at radius 2 is 2.06 bits per heavy atom. The van der Waals surface area contributed by atoms with Crippen LogP contribution < -0.4 is 0 Å². The van der Waals surface area contributed by atoms with Crippen molar-refractivity contribution in [2.24, 2.45) is 0 Å². The number of aromatic nitrogens is 3. The maximum absolute atomic E-state index is 13.9. The highest BCUT2D eigenvalue weighted by atomic mass is 19.1. The van der Waals surface area contributed by atoms with Crippen LogP contribution in [0.25, 0.3) is 21.8 Å². The maximum Gasteiger partial charge on any atom is 0.173 e. The van der Waals surface area contributed by atoms with E-state index in [4.69, 9.17) is 0 Å². The molecule has 4 nitrogen and oxygen atoms in total. The Labute approximate surface area is 93.9 Å². The van der Waals surface area contributed by atoms with Crippen molar-refractivity contribution in [3.63, 3.8) is 0 Å². The Kier molecular flexibility index (Phi) is 1.83. The molecule has 2 heterocycles. The predicted molar refractivity (Wildman–Crippen MR) is 57.7 cm³/mol. The van der Waals surface area contributed by atoms with Crippen molar-refractivity contribution < 1.29 is 13.9 Å². The molecule has 0 saturated heterocycles. The lowest BCUT2D eigenvalue weighted by Crippen LogP contribution is -1.89. The van der Waals surface area contributed by atoms with Crippen LogP contribution in [0.4, 0.5) is 8.78 Å². The van der Waals surface area contributed by atoms with E-state index in [-0.39, 0.29) is 10.8 Å². The van der Waals surface area contributed by atoms with Gasteiger partial charge in [-0.25, -0.2) is 13.8 Å². The number of phenols is 1. The summed E-state index contributed by atoms with van der Waals surface area (Å²) in [6.45, 7) is 1.65. The molecule has 0 saturated carbocycles. The van der Waals surface area contributed by atoms with Gasteiger partial charge >= 0.3 is 0 Å². The Balaban J connectivity index is 2.69. The van der Waals surface area contributed by atoms with Crippen molar-refractivity contribution in [3.05, 3.63) is 29.6 Å². The molecule has 0 bridgehead atoms. The molecular weight excluding hydrogens is 228 g/mol. The van der Waals surface area contributed by atoms with Gasteiger partial charge in [-0.1, -0.05) is 0 Å². The summed E-state index contributed by atoms with van der Waals surface area (Å²) in [6.07, 6.45) is 1.22. The van der Waals surface area contributed by atoms with E-state index in [9.17, 15) is 13.9 Å². The van der Waals surface area contributed by atoms with Crippen LogP contribution in [-0.4, -0.2) is 20.3 Å². The van der Waals surface area contributed by atoms with Gasteiger partial charge in [-0.05, 0) is 6.92 Å². The molecule has 0 aliphatic rings. The van der Waals surface area contributed by atoms with Crippen LogP contribution in [0.3, 0.4) is 0 Å². The minimum atomic E-state index is -0.863. The minimum absolute atomic E-state index is 0.00116. The third kappa shape index (κ3) is 1.20. The molecule has 6 heteroatoms. The van der Waals surface area contributed by atoms with E-state index < -0.39 is 17.4 Å². The number of hydrogen-bond acceptors (Lipinski definition) is 3. The molecule has 3 aromatic rings. The largest absolute Gasteiger partial charge is 0.505 e. The molecule has 86 valence electrons. The Morgan fingerprint density at radius 3 is 2.82 bits per heavy atom. The summed E-state index contributed by atoms with van der Waals surface area (Å²) in [7, 11) is 0. The van der Waals surface area contributed by atoms with Crippen LogP contribution in [0.5, 0.6) is 5.75 Å². The normalized spacial score (nSPS) is 11.5. The Morgan fingerprint density at radius 1 is 1.29 bits per heavy atom. The molecule has 17 heavy (non-hydrogen) atoms. The molecule has 0 fully saturated rings. The first-order valence-electron chi connectivity index (χ1n) is 4.90. The molecule has 0 spiro atoms. The van der Waals surface area contributed by atoms with Crippen LogP contribution >= 0.6 is 0 Å². The molecule has 2 N–H and O–H groups in total. The lowest BCUT2D eigenvalue weighted by molar-refractivity contribution is 0.431. The number of aromatic amines is 1. The third-order valence-corrected chi connectivity index (χ3v) is 2.74. The zero-order chi connectivity index (χ0) is 12.2. The van der Waals surface area contributed by atoms with E-state index >= 15 is 0 Å². The number of halogens is 2. The summed E-state index contributed by atoms with van der Waals surface area (Å²) in [5, 5.41) is 16.2. The predicted octanol–water partition coefficient (Wildman–Crippen LogP) is 2.40. The average Bonchev–Trinajstić information content (AvgIpc) is 2.68. The highest BCUT2D eigenvalue weighted by Crippen LogP contribution is 2.33. The number of nitrogens with zero attached hydrogens (tertiary/aromatic N) is 2. The maximum atomic E-state index is 13.9. The number of fused-ring (bicyclic) bond motifs is 3. The van der Waals surface area contributed by atoms with Gasteiger partial charge in [0.1, 0.15) is 5.82 Å². The number of H-pyrrole nitrogens is 1. The van der Waals surface area contributed by atoms with Crippen LogP contribution in [0.1, 0.15) is 5.69 Å². The molecule has 0 aliphatic carbocycles. The number of hydrogen-bond donors (Lipinski definition) is 2. The summed E-state index contributed by atoms with van der Waals surface area (Å²) >= 11 is 0. The highest BCUT2D eigenvalue weighted by molar-refractivity contribution is 6.06. The Hall–Kier alpha value is -2.24. The summed E-state index contributed by atoms with van der Waals surface area (Å²) < 4.78 is 27.5. The van der Waals surface area contributed by atoms with Gasteiger partial charge in [0.2, 0.25) is 0 Å². The fraction of sp³-hybridized carbons (Fsp3) is 0.0909. The van der Waals surface area contributed by atoms with E-state index in [1.165, 1.54) is 6.20 Å². The summed E-state index contributed by atoms with van der Waals surface area (Å²) in [4.78, 5) is 3.96. The summed E-state index contributed by atoms with van der Waals surface area (Å²) in [5.74, 6) is -2.30. The molecule has 0 atom stereocenters. The van der Waals surface area contributed by atoms with Crippen molar-refractivity contribution in [3.8, 4) is 5.75 Å². The van der Waals surface area contributed by atoms with Crippen molar-refractivity contribution in [1.29, 1.82) is 0 Å². The van der Waals surface area contributed by atoms with Gasteiger partial charge < -0.3 is 5.11 Å². The molecule has 0 radical (unpaired) electrons. The number of benzene rings is 1. The van der Waals surface area contributed by atoms with E-state index in [0.717, 1.165) is 6.07 Å². The second-order valence-electron chi connectivity index (χ2n) is 3.77. The second-order valence-corrected chi connectivity index (χ2v) is 3.77. The zero-order valence-corrected chi connectivity index (χ0v) is 8.75. The quantitative estimate of drug-likeness (QED) is 0.629. The number of nitrogens with one attached hydrogen (secondary N) is 1. The standard InChI is InChI=1S/C11H7F2N3O/c1-4-8-9-5(3-14-11(8)16-15-4)6(12)2-7(17)10(9)13/h2-3,17H,1H3,(H,14,15,16).